The maximum Gasteiger partial charge on any atom is 0.362 e. The van der Waals surface area contributed by atoms with E-state index in [0.29, 0.717) is 10.9 Å². The molecule has 13 heteroatoms. The van der Waals surface area contributed by atoms with Gasteiger partial charge in [-0.1, -0.05) is 12.1 Å². The minimum absolute atomic E-state index is 0.136. The molecule has 1 aliphatic heterocycles. The molecule has 3 N–H and O–H groups in total. The molecule has 1 aromatic rings. The lowest BCUT2D eigenvalue weighted by atomic mass is 9.75. The summed E-state index contributed by atoms with van der Waals surface area (Å²) in [6.45, 7) is 10.8. The molecule has 0 saturated carbocycles. The highest BCUT2D eigenvalue weighted by molar-refractivity contribution is 7.84. The van der Waals surface area contributed by atoms with Crippen LogP contribution in [-0.2, 0) is 29.5 Å². The number of hydrogen-bond acceptors (Lipinski definition) is 10. The molecule has 1 aliphatic rings. The molecule has 2 rings (SSSR count). The number of β-lactam (4-membered cyclic amide) rings is 1. The monoisotopic (exact) mass is 490 g/mol. The van der Waals surface area contributed by atoms with Crippen LogP contribution in [0.2, 0.25) is 0 Å². The summed E-state index contributed by atoms with van der Waals surface area (Å²) >= 11 is 1.11. The molecule has 1 aromatic heterocycles. The molecular weight excluding hydrogens is 460 g/mol. The lowest BCUT2D eigenvalue weighted by molar-refractivity contribution is -0.156. The molecule has 0 bridgehead atoms. The quantitative estimate of drug-likeness (QED) is 0.204. The van der Waals surface area contributed by atoms with Gasteiger partial charge in [0.1, 0.15) is 5.69 Å². The Balaban J connectivity index is 2.27. The molecule has 2 atom stereocenters. The van der Waals surface area contributed by atoms with Gasteiger partial charge in [-0.15, -0.1) is 11.3 Å². The Labute approximate surface area is 191 Å². The number of aromatic nitrogens is 1. The smallest absolute Gasteiger partial charge is 0.362 e. The summed E-state index contributed by atoms with van der Waals surface area (Å²) in [4.78, 5) is 35.2. The number of nitrogens with two attached hydrogens (primary N) is 1. The van der Waals surface area contributed by atoms with Crippen molar-refractivity contribution in [3.05, 3.63) is 11.1 Å². The Hall–Kier alpha value is -2.09. The van der Waals surface area contributed by atoms with Crippen molar-refractivity contribution in [1.29, 1.82) is 0 Å². The molecule has 0 spiro atoms. The van der Waals surface area contributed by atoms with Crippen molar-refractivity contribution < 1.29 is 32.1 Å². The highest BCUT2D eigenvalue weighted by Gasteiger charge is 2.59. The molecule has 1 unspecified atom stereocenters. The number of carbonyl (C=O) groups excluding carboxylic acids is 2. The molecule has 2 heterocycles. The minimum atomic E-state index is -4.73. The number of nitrogens with zero attached hydrogens (tertiary/aromatic N) is 3. The maximum absolute atomic E-state index is 13.1. The van der Waals surface area contributed by atoms with Gasteiger partial charge in [0.15, 0.2) is 22.2 Å². The molecule has 0 aliphatic carbocycles. The molecule has 1 saturated heterocycles. The number of Topliss-reactive ketones (excluding diaryl/α,β-unsaturated/α-hetero) is 1. The second-order valence-electron chi connectivity index (χ2n) is 8.63. The minimum Gasteiger partial charge on any atom is -0.386 e. The number of anilines is 1. The Morgan fingerprint density at radius 2 is 2.09 bits per heavy atom. The fourth-order valence-electron chi connectivity index (χ4n) is 3.20. The standard InChI is InChI=1S/C19H30N4O7S2/c1-7-8-29-11(2)19(5,6)30-22-15(13-10-31-17(20)21-13)14(24)9-12-16(25)23(18(12,3)4)32(26,27)28/h10-12H,7-9H2,1-6H3,(H2,20,21)(H,26,27,28)/b22-15-/t11?,12-/m1/s1. The highest BCUT2D eigenvalue weighted by atomic mass is 32.2. The molecule has 0 radical (unpaired) electrons. The zero-order chi connectivity index (χ0) is 24.5. The molecule has 1 amide bonds. The van der Waals surface area contributed by atoms with E-state index >= 15 is 0 Å². The Kier molecular flexibility index (Phi) is 7.70. The van der Waals surface area contributed by atoms with Crippen molar-refractivity contribution >= 4 is 44.2 Å². The maximum atomic E-state index is 13.1. The number of ether oxygens (including phenoxy) is 1. The van der Waals surface area contributed by atoms with Gasteiger partial charge in [0, 0.05) is 18.4 Å². The molecule has 11 nitrogen and oxygen atoms in total. The third-order valence-electron chi connectivity index (χ3n) is 5.45. The number of carbonyl (C=O) groups is 2. The first-order chi connectivity index (χ1) is 14.6. The average Bonchev–Trinajstić information content (AvgIpc) is 3.08. The number of amides is 1. The summed E-state index contributed by atoms with van der Waals surface area (Å²) in [7, 11) is -4.73. The van der Waals surface area contributed by atoms with Crippen molar-refractivity contribution in [2.24, 2.45) is 11.1 Å². The van der Waals surface area contributed by atoms with E-state index in [9.17, 15) is 22.6 Å². The second-order valence-corrected chi connectivity index (χ2v) is 10.8. The van der Waals surface area contributed by atoms with Crippen LogP contribution in [-0.4, -0.2) is 63.5 Å². The van der Waals surface area contributed by atoms with Crippen LogP contribution >= 0.6 is 11.3 Å². The van der Waals surface area contributed by atoms with E-state index in [0.717, 1.165) is 17.8 Å². The third kappa shape index (κ3) is 5.45. The van der Waals surface area contributed by atoms with Gasteiger partial charge in [-0.3, -0.25) is 14.1 Å². The van der Waals surface area contributed by atoms with Gasteiger partial charge in [0.2, 0.25) is 5.91 Å². The van der Waals surface area contributed by atoms with E-state index in [4.69, 9.17) is 15.3 Å². The van der Waals surface area contributed by atoms with E-state index in [2.05, 4.69) is 10.1 Å². The summed E-state index contributed by atoms with van der Waals surface area (Å²) in [6.07, 6.45) is 0.149. The topological polar surface area (TPSA) is 161 Å². The van der Waals surface area contributed by atoms with Crippen LogP contribution in [0.1, 0.15) is 60.1 Å². The predicted molar refractivity (Wildman–Crippen MR) is 120 cm³/mol. The van der Waals surface area contributed by atoms with Gasteiger partial charge in [-0.2, -0.15) is 8.42 Å². The van der Waals surface area contributed by atoms with E-state index in [1.165, 1.54) is 19.2 Å². The summed E-state index contributed by atoms with van der Waals surface area (Å²) in [6, 6.07) is 0. The van der Waals surface area contributed by atoms with Crippen molar-refractivity contribution in [2.75, 3.05) is 12.3 Å². The first-order valence-corrected chi connectivity index (χ1v) is 12.3. The third-order valence-corrected chi connectivity index (χ3v) is 7.23. The van der Waals surface area contributed by atoms with Gasteiger partial charge in [-0.25, -0.2) is 9.29 Å². The van der Waals surface area contributed by atoms with Gasteiger partial charge in [0.05, 0.1) is 17.6 Å². The first kappa shape index (κ1) is 26.2. The lowest BCUT2D eigenvalue weighted by Crippen LogP contribution is -2.69. The molecule has 180 valence electrons. The van der Waals surface area contributed by atoms with E-state index in [1.54, 1.807) is 13.8 Å². The second kappa shape index (κ2) is 9.41. The van der Waals surface area contributed by atoms with Crippen LogP contribution < -0.4 is 5.73 Å². The van der Waals surface area contributed by atoms with Crippen LogP contribution in [0.3, 0.4) is 0 Å². The number of thiazole rings is 1. The average molecular weight is 491 g/mol. The van der Waals surface area contributed by atoms with Gasteiger partial charge in [-0.05, 0) is 41.0 Å². The summed E-state index contributed by atoms with van der Waals surface area (Å²) in [5.74, 6) is -2.42. The largest absolute Gasteiger partial charge is 0.386 e. The number of hydrogen-bond donors (Lipinski definition) is 2. The van der Waals surface area contributed by atoms with E-state index in [1.807, 2.05) is 13.8 Å². The molecule has 32 heavy (non-hydrogen) atoms. The summed E-state index contributed by atoms with van der Waals surface area (Å²) in [5, 5.41) is 5.80. The van der Waals surface area contributed by atoms with Crippen LogP contribution in [0.25, 0.3) is 0 Å². The van der Waals surface area contributed by atoms with Crippen LogP contribution in [0.5, 0.6) is 0 Å². The summed E-state index contributed by atoms with van der Waals surface area (Å²) < 4.78 is 38.3. The SMILES string of the molecule is CCCOC(C)C(C)(C)O/N=C(\C(=O)C[C@@H]1C(=O)N(S(=O)(=O)O)C1(C)C)c1csc(N)n1. The molecule has 0 aromatic carbocycles. The number of rotatable bonds is 11. The fourth-order valence-corrected chi connectivity index (χ4v) is 4.83. The van der Waals surface area contributed by atoms with E-state index < -0.39 is 39.1 Å². The number of ketones is 1. The van der Waals surface area contributed by atoms with E-state index in [-0.39, 0.29) is 29.1 Å². The van der Waals surface area contributed by atoms with Gasteiger partial charge >= 0.3 is 10.3 Å². The summed E-state index contributed by atoms with van der Waals surface area (Å²) in [5.41, 5.74) is 3.58. The van der Waals surface area contributed by atoms with Crippen molar-refractivity contribution in [3.8, 4) is 0 Å². The van der Waals surface area contributed by atoms with Crippen molar-refractivity contribution in [1.82, 2.24) is 9.29 Å². The zero-order valence-electron chi connectivity index (χ0n) is 19.0. The van der Waals surface area contributed by atoms with Crippen LogP contribution in [0, 0.1) is 5.92 Å². The number of oxime groups is 1. The predicted octanol–water partition coefficient (Wildman–Crippen LogP) is 2.04. The normalized spacial score (nSPS) is 20.1. The Morgan fingerprint density at radius 1 is 1.47 bits per heavy atom. The molecular formula is C19H30N4O7S2. The zero-order valence-corrected chi connectivity index (χ0v) is 20.6. The Morgan fingerprint density at radius 3 is 2.56 bits per heavy atom. The number of nitrogen functional groups attached to an aromatic ring is 1. The Bertz CT molecular complexity index is 1000. The van der Waals surface area contributed by atoms with Gasteiger partial charge in [0.25, 0.3) is 0 Å². The van der Waals surface area contributed by atoms with Crippen molar-refractivity contribution in [2.45, 2.75) is 71.6 Å². The highest BCUT2D eigenvalue weighted by Crippen LogP contribution is 2.41. The molecule has 1 fully saturated rings. The first-order valence-electron chi connectivity index (χ1n) is 10.1. The van der Waals surface area contributed by atoms with Crippen molar-refractivity contribution in [3.63, 3.8) is 0 Å². The van der Waals surface area contributed by atoms with Gasteiger partial charge < -0.3 is 15.3 Å². The lowest BCUT2D eigenvalue weighted by Gasteiger charge is -2.50. The fraction of sp³-hybridized carbons (Fsp3) is 0.684. The van der Waals surface area contributed by atoms with Crippen LogP contribution in [0.4, 0.5) is 5.13 Å². The van der Waals surface area contributed by atoms with Crippen LogP contribution in [0.15, 0.2) is 10.5 Å².